The maximum atomic E-state index is 11.5. The maximum absolute atomic E-state index is 11.5. The summed E-state index contributed by atoms with van der Waals surface area (Å²) in [7, 11) is 3.57. The first kappa shape index (κ1) is 11.0. The van der Waals surface area contributed by atoms with E-state index in [1.807, 2.05) is 0 Å². The largest absolute Gasteiger partial charge is 0.369 e. The molecule has 0 unspecified atom stereocenters. The molecule has 1 aromatic heterocycles. The molecule has 0 bridgehead atoms. The van der Waals surface area contributed by atoms with Crippen LogP contribution in [0.5, 0.6) is 0 Å². The van der Waals surface area contributed by atoms with Crippen LogP contribution in [0.1, 0.15) is 5.56 Å². The highest BCUT2D eigenvalue weighted by molar-refractivity contribution is 6.20. The Morgan fingerprint density at radius 3 is 2.60 bits per heavy atom. The van der Waals surface area contributed by atoms with E-state index in [2.05, 4.69) is 21.5 Å². The molecule has 0 N–H and O–H groups in total. The number of hydrogen-bond acceptors (Lipinski definition) is 3. The molecule has 1 amide bonds. The van der Waals surface area contributed by atoms with E-state index >= 15 is 0 Å². The number of carbonyl (C=O) groups excluding carboxylic acids is 1. The van der Waals surface area contributed by atoms with Gasteiger partial charge in [-0.2, -0.15) is 4.99 Å². The topological polar surface area (TPSA) is 58.5 Å². The summed E-state index contributed by atoms with van der Waals surface area (Å²) in [5, 5.41) is 0. The lowest BCUT2D eigenvalue weighted by Crippen LogP contribution is -2.10. The molecule has 0 saturated heterocycles. The number of hydrogen-bond donors (Lipinski definition) is 0. The second-order valence-corrected chi connectivity index (χ2v) is 3.12. The van der Waals surface area contributed by atoms with Crippen molar-refractivity contribution < 1.29 is 4.79 Å². The van der Waals surface area contributed by atoms with Crippen LogP contribution in [0, 0.1) is 0 Å². The van der Waals surface area contributed by atoms with Gasteiger partial charge in [-0.15, -0.1) is 0 Å². The number of rotatable bonds is 3. The summed E-state index contributed by atoms with van der Waals surface area (Å²) in [6.45, 7) is 3.64. The third-order valence-corrected chi connectivity index (χ3v) is 1.57. The van der Waals surface area contributed by atoms with Crippen LogP contribution in [0.2, 0.25) is 0 Å². The van der Waals surface area contributed by atoms with E-state index < -0.39 is 5.91 Å². The van der Waals surface area contributed by atoms with Gasteiger partial charge in [0.15, 0.2) is 0 Å². The summed E-state index contributed by atoms with van der Waals surface area (Å²) < 4.78 is 0. The molecule has 0 aromatic carbocycles. The maximum Gasteiger partial charge on any atom is 0.278 e. The molecule has 0 aliphatic carbocycles. The average molecular weight is 204 g/mol. The number of carbonyl (C=O) groups is 1. The van der Waals surface area contributed by atoms with Crippen LogP contribution in [0.15, 0.2) is 30.3 Å². The zero-order chi connectivity index (χ0) is 11.3. The SMILES string of the molecule is C=C(C(=O)/N=C/N(C)C)c1cncnc1. The van der Waals surface area contributed by atoms with Gasteiger partial charge in [-0.25, -0.2) is 9.97 Å². The van der Waals surface area contributed by atoms with E-state index in [0.717, 1.165) is 0 Å². The first-order valence-electron chi connectivity index (χ1n) is 4.30. The summed E-state index contributed by atoms with van der Waals surface area (Å²) in [6, 6.07) is 0. The molecule has 1 aromatic rings. The Kier molecular flexibility index (Phi) is 3.68. The normalized spacial score (nSPS) is 10.3. The Morgan fingerprint density at radius 1 is 1.47 bits per heavy atom. The third-order valence-electron chi connectivity index (χ3n) is 1.57. The van der Waals surface area contributed by atoms with Crippen LogP contribution in [-0.2, 0) is 4.79 Å². The molecular formula is C10H12N4O. The van der Waals surface area contributed by atoms with E-state index in [0.29, 0.717) is 5.56 Å². The summed E-state index contributed by atoms with van der Waals surface area (Å²) in [6.07, 6.45) is 5.87. The van der Waals surface area contributed by atoms with Crippen LogP contribution in [0.3, 0.4) is 0 Å². The van der Waals surface area contributed by atoms with E-state index in [1.54, 1.807) is 19.0 Å². The van der Waals surface area contributed by atoms with Gasteiger partial charge in [0.2, 0.25) is 0 Å². The van der Waals surface area contributed by atoms with Crippen molar-refractivity contribution in [3.63, 3.8) is 0 Å². The van der Waals surface area contributed by atoms with Gasteiger partial charge in [-0.05, 0) is 0 Å². The second-order valence-electron chi connectivity index (χ2n) is 3.12. The Labute approximate surface area is 88.2 Å². The van der Waals surface area contributed by atoms with Gasteiger partial charge >= 0.3 is 0 Å². The molecule has 15 heavy (non-hydrogen) atoms. The lowest BCUT2D eigenvalue weighted by atomic mass is 10.1. The molecule has 0 spiro atoms. The predicted octanol–water partition coefficient (Wildman–Crippen LogP) is 0.606. The van der Waals surface area contributed by atoms with Crippen LogP contribution in [0.4, 0.5) is 0 Å². The second kappa shape index (κ2) is 4.99. The van der Waals surface area contributed by atoms with Gasteiger partial charge in [0, 0.05) is 37.6 Å². The highest BCUT2D eigenvalue weighted by atomic mass is 16.1. The van der Waals surface area contributed by atoms with Gasteiger partial charge in [0.05, 0.1) is 6.34 Å². The highest BCUT2D eigenvalue weighted by Crippen LogP contribution is 2.10. The van der Waals surface area contributed by atoms with Crippen molar-refractivity contribution in [2.24, 2.45) is 4.99 Å². The fourth-order valence-electron chi connectivity index (χ4n) is 0.824. The summed E-state index contributed by atoms with van der Waals surface area (Å²) in [5.41, 5.74) is 0.868. The zero-order valence-corrected chi connectivity index (χ0v) is 8.71. The minimum absolute atomic E-state index is 0.286. The van der Waals surface area contributed by atoms with Gasteiger partial charge in [-0.3, -0.25) is 4.79 Å². The molecule has 0 atom stereocenters. The molecule has 0 aliphatic rings. The van der Waals surface area contributed by atoms with Crippen LogP contribution < -0.4 is 0 Å². The van der Waals surface area contributed by atoms with Crippen LogP contribution in [0.25, 0.3) is 5.57 Å². The molecule has 0 radical (unpaired) electrons. The number of amides is 1. The highest BCUT2D eigenvalue weighted by Gasteiger charge is 2.07. The molecule has 1 heterocycles. The summed E-state index contributed by atoms with van der Waals surface area (Å²) >= 11 is 0. The zero-order valence-electron chi connectivity index (χ0n) is 8.71. The molecule has 0 aliphatic heterocycles. The predicted molar refractivity (Wildman–Crippen MR) is 58.3 cm³/mol. The number of nitrogens with zero attached hydrogens (tertiary/aromatic N) is 4. The molecule has 0 fully saturated rings. The lowest BCUT2D eigenvalue weighted by Gasteiger charge is -2.02. The minimum Gasteiger partial charge on any atom is -0.369 e. The molecule has 0 saturated carbocycles. The average Bonchev–Trinajstić information content (AvgIpc) is 2.26. The van der Waals surface area contributed by atoms with E-state index in [4.69, 9.17) is 0 Å². The molecule has 78 valence electrons. The van der Waals surface area contributed by atoms with Crippen molar-refractivity contribution in [2.75, 3.05) is 14.1 Å². The van der Waals surface area contributed by atoms with Crippen molar-refractivity contribution in [2.45, 2.75) is 0 Å². The van der Waals surface area contributed by atoms with Crippen LogP contribution in [-0.4, -0.2) is 41.2 Å². The van der Waals surface area contributed by atoms with Crippen molar-refractivity contribution in [3.8, 4) is 0 Å². The third kappa shape index (κ3) is 3.30. The number of aliphatic imine (C=N–C) groups is 1. The quantitative estimate of drug-likeness (QED) is 0.411. The van der Waals surface area contributed by atoms with Gasteiger partial charge in [0.1, 0.15) is 6.33 Å². The van der Waals surface area contributed by atoms with Gasteiger partial charge in [-0.1, -0.05) is 6.58 Å². The van der Waals surface area contributed by atoms with E-state index in [9.17, 15) is 4.79 Å². The van der Waals surface area contributed by atoms with Crippen molar-refractivity contribution in [3.05, 3.63) is 30.9 Å². The van der Waals surface area contributed by atoms with Gasteiger partial charge in [0.25, 0.3) is 5.91 Å². The van der Waals surface area contributed by atoms with Crippen LogP contribution >= 0.6 is 0 Å². The Balaban J connectivity index is 2.74. The fraction of sp³-hybridized carbons (Fsp3) is 0.200. The van der Waals surface area contributed by atoms with E-state index in [1.165, 1.54) is 25.1 Å². The molecule has 5 nitrogen and oxygen atoms in total. The van der Waals surface area contributed by atoms with Crippen molar-refractivity contribution in [1.29, 1.82) is 0 Å². The van der Waals surface area contributed by atoms with Crippen molar-refractivity contribution in [1.82, 2.24) is 14.9 Å². The lowest BCUT2D eigenvalue weighted by molar-refractivity contribution is -0.112. The monoisotopic (exact) mass is 204 g/mol. The molecule has 1 rings (SSSR count). The fourth-order valence-corrected chi connectivity index (χ4v) is 0.824. The van der Waals surface area contributed by atoms with Gasteiger partial charge < -0.3 is 4.90 Å². The first-order valence-corrected chi connectivity index (χ1v) is 4.30. The Bertz CT molecular complexity index is 384. The smallest absolute Gasteiger partial charge is 0.278 e. The van der Waals surface area contributed by atoms with E-state index in [-0.39, 0.29) is 5.57 Å². The summed E-state index contributed by atoms with van der Waals surface area (Å²) in [4.78, 5) is 24.4. The first-order chi connectivity index (χ1) is 7.11. The minimum atomic E-state index is -0.390. The molecular weight excluding hydrogens is 192 g/mol. The summed E-state index contributed by atoms with van der Waals surface area (Å²) in [5.74, 6) is -0.390. The molecule has 5 heteroatoms. The Morgan fingerprint density at radius 2 is 2.07 bits per heavy atom. The number of aromatic nitrogens is 2. The standard InChI is InChI=1S/C10H12N4O/c1-8(9-4-11-6-12-5-9)10(15)13-7-14(2)3/h4-7H,1H2,2-3H3/b13-7+. The Hall–Kier alpha value is -2.04. The van der Waals surface area contributed by atoms with Crippen molar-refractivity contribution >= 4 is 17.8 Å².